The number of likely N-dealkylation sites (tertiary alicyclic amines) is 1. The number of fused-ring (bicyclic) bond motifs is 1. The van der Waals surface area contributed by atoms with E-state index in [4.69, 9.17) is 9.47 Å². The number of carbonyl (C=O) groups is 1. The second kappa shape index (κ2) is 11.9. The van der Waals surface area contributed by atoms with Gasteiger partial charge in [-0.1, -0.05) is 25.0 Å². The largest absolute Gasteiger partial charge is 0.497 e. The van der Waals surface area contributed by atoms with E-state index in [1.807, 2.05) is 0 Å². The molecule has 4 nitrogen and oxygen atoms in total. The lowest BCUT2D eigenvalue weighted by atomic mass is 9.89. The molecule has 0 atom stereocenters. The van der Waals surface area contributed by atoms with Crippen LogP contribution < -0.4 is 9.47 Å². The van der Waals surface area contributed by atoms with Gasteiger partial charge >= 0.3 is 0 Å². The van der Waals surface area contributed by atoms with Gasteiger partial charge in [0, 0.05) is 29.8 Å². The third-order valence-electron chi connectivity index (χ3n) is 7.22. The van der Waals surface area contributed by atoms with Gasteiger partial charge in [-0.15, -0.1) is 0 Å². The summed E-state index contributed by atoms with van der Waals surface area (Å²) in [6.07, 6.45) is 4.98. The van der Waals surface area contributed by atoms with Crippen molar-refractivity contribution in [3.63, 3.8) is 0 Å². The summed E-state index contributed by atoms with van der Waals surface area (Å²) in [5.74, 6) is -2.39. The van der Waals surface area contributed by atoms with E-state index in [1.165, 1.54) is 38.9 Å². The van der Waals surface area contributed by atoms with Crippen molar-refractivity contribution in [2.75, 3.05) is 33.4 Å². The lowest BCUT2D eigenvalue weighted by Crippen LogP contribution is -2.29. The van der Waals surface area contributed by atoms with Crippen LogP contribution in [0.4, 0.5) is 13.2 Å². The van der Waals surface area contributed by atoms with Crippen LogP contribution in [0, 0.1) is 17.5 Å². The van der Waals surface area contributed by atoms with E-state index in [-0.39, 0.29) is 11.1 Å². The van der Waals surface area contributed by atoms with Gasteiger partial charge in [0.05, 0.1) is 12.7 Å². The predicted octanol–water partition coefficient (Wildman–Crippen LogP) is 7.42. The van der Waals surface area contributed by atoms with Crippen LogP contribution in [0.15, 0.2) is 66.7 Å². The summed E-state index contributed by atoms with van der Waals surface area (Å²) in [4.78, 5) is 16.3. The fourth-order valence-electron chi connectivity index (χ4n) is 5.19. The van der Waals surface area contributed by atoms with Crippen molar-refractivity contribution in [1.29, 1.82) is 0 Å². The molecule has 0 N–H and O–H groups in total. The number of hydrogen-bond donors (Lipinski definition) is 0. The number of rotatable bonds is 8. The molecule has 1 aliphatic heterocycles. The first-order valence-electron chi connectivity index (χ1n) is 13.2. The summed E-state index contributed by atoms with van der Waals surface area (Å²) in [6, 6.07) is 16.2. The molecule has 5 rings (SSSR count). The number of halogens is 3. The highest BCUT2D eigenvalue weighted by Crippen LogP contribution is 2.36. The van der Waals surface area contributed by atoms with Gasteiger partial charge < -0.3 is 9.47 Å². The van der Waals surface area contributed by atoms with Crippen molar-refractivity contribution in [2.24, 2.45) is 0 Å². The van der Waals surface area contributed by atoms with Crippen molar-refractivity contribution in [3.05, 3.63) is 95.3 Å². The molecule has 1 aliphatic rings. The van der Waals surface area contributed by atoms with Crippen LogP contribution in [0.5, 0.6) is 11.5 Å². The molecule has 0 radical (unpaired) electrons. The maximum absolute atomic E-state index is 14.9. The van der Waals surface area contributed by atoms with E-state index in [0.29, 0.717) is 46.6 Å². The first-order valence-corrected chi connectivity index (χ1v) is 13.2. The van der Waals surface area contributed by atoms with Gasteiger partial charge in [0.25, 0.3) is 0 Å². The Kier molecular flexibility index (Phi) is 8.17. The molecule has 0 bridgehead atoms. The lowest BCUT2D eigenvalue weighted by Gasteiger charge is -2.19. The molecule has 0 aliphatic carbocycles. The highest BCUT2D eigenvalue weighted by molar-refractivity contribution is 6.20. The minimum Gasteiger partial charge on any atom is -0.497 e. The summed E-state index contributed by atoms with van der Waals surface area (Å²) < 4.78 is 54.6. The molecule has 202 valence electrons. The van der Waals surface area contributed by atoms with Crippen LogP contribution in [0.1, 0.15) is 41.6 Å². The topological polar surface area (TPSA) is 38.8 Å². The fraction of sp³-hybridized carbons (Fsp3) is 0.281. The third-order valence-corrected chi connectivity index (χ3v) is 7.22. The molecular formula is C32H30F3NO3. The molecule has 0 amide bonds. The van der Waals surface area contributed by atoms with Gasteiger partial charge in [-0.3, -0.25) is 9.69 Å². The Hall–Kier alpha value is -3.84. The molecule has 0 aromatic heterocycles. The van der Waals surface area contributed by atoms with Gasteiger partial charge in [0.2, 0.25) is 0 Å². The van der Waals surface area contributed by atoms with Gasteiger partial charge in [-0.2, -0.15) is 0 Å². The average molecular weight is 534 g/mol. The van der Waals surface area contributed by atoms with E-state index in [0.717, 1.165) is 19.6 Å². The number of methoxy groups -OCH3 is 1. The normalized spacial score (nSPS) is 14.3. The minimum atomic E-state index is -1.08. The molecule has 0 spiro atoms. The molecule has 0 unspecified atom stereocenters. The van der Waals surface area contributed by atoms with Crippen LogP contribution in [0.2, 0.25) is 0 Å². The minimum absolute atomic E-state index is 0.0467. The lowest BCUT2D eigenvalue weighted by molar-refractivity contribution is 0.104. The second-order valence-electron chi connectivity index (χ2n) is 9.78. The zero-order valence-electron chi connectivity index (χ0n) is 21.8. The quantitative estimate of drug-likeness (QED) is 0.221. The fourth-order valence-corrected chi connectivity index (χ4v) is 5.19. The number of hydrogen-bond acceptors (Lipinski definition) is 4. The van der Waals surface area contributed by atoms with Crippen molar-refractivity contribution >= 4 is 16.6 Å². The van der Waals surface area contributed by atoms with Crippen LogP contribution in [-0.2, 0) is 0 Å². The number of ether oxygens (including phenoxy) is 2. The zero-order valence-corrected chi connectivity index (χ0v) is 21.8. The summed E-state index contributed by atoms with van der Waals surface area (Å²) in [7, 11) is 1.53. The predicted molar refractivity (Wildman–Crippen MR) is 146 cm³/mol. The molecule has 39 heavy (non-hydrogen) atoms. The summed E-state index contributed by atoms with van der Waals surface area (Å²) in [6.45, 7) is 3.57. The Morgan fingerprint density at radius 2 is 1.49 bits per heavy atom. The Balaban J connectivity index is 1.46. The smallest absolute Gasteiger partial charge is 0.194 e. The number of nitrogens with zero attached hydrogens (tertiary/aromatic N) is 1. The van der Waals surface area contributed by atoms with Crippen LogP contribution >= 0.6 is 0 Å². The standard InChI is InChI=1S/C32H30F3NO3/c1-38-25-11-13-26-22(18-25)8-12-27(31-28(34)19-23(33)20-29(31)35)30(26)32(37)21-6-9-24(10-7-21)39-17-16-36-14-4-2-3-5-15-36/h6-13,18-20H,2-5,14-17H2,1H3. The molecule has 4 aromatic carbocycles. The molecule has 1 saturated heterocycles. The molecule has 4 aromatic rings. The maximum atomic E-state index is 14.9. The molecule has 1 fully saturated rings. The van der Waals surface area contributed by atoms with Crippen molar-refractivity contribution in [1.82, 2.24) is 4.90 Å². The van der Waals surface area contributed by atoms with E-state index in [2.05, 4.69) is 4.90 Å². The Morgan fingerprint density at radius 1 is 0.821 bits per heavy atom. The number of carbonyl (C=O) groups excluding carboxylic acids is 1. The van der Waals surface area contributed by atoms with E-state index in [1.54, 1.807) is 48.5 Å². The average Bonchev–Trinajstić information content (AvgIpc) is 3.21. The Labute approximate surface area is 226 Å². The molecule has 0 saturated carbocycles. The van der Waals surface area contributed by atoms with Crippen molar-refractivity contribution < 1.29 is 27.4 Å². The van der Waals surface area contributed by atoms with E-state index < -0.39 is 28.8 Å². The second-order valence-corrected chi connectivity index (χ2v) is 9.78. The number of ketones is 1. The van der Waals surface area contributed by atoms with Gasteiger partial charge in [-0.25, -0.2) is 13.2 Å². The SMILES string of the molecule is COc1ccc2c(C(=O)c3ccc(OCCN4CCCCCC4)cc3)c(-c3c(F)cc(F)cc3F)ccc2c1. The molecule has 1 heterocycles. The highest BCUT2D eigenvalue weighted by Gasteiger charge is 2.23. The van der Waals surface area contributed by atoms with E-state index >= 15 is 0 Å². The first kappa shape index (κ1) is 26.8. The van der Waals surface area contributed by atoms with Crippen LogP contribution in [0.3, 0.4) is 0 Å². The summed E-state index contributed by atoms with van der Waals surface area (Å²) in [5.41, 5.74) is 0.0492. The van der Waals surface area contributed by atoms with Crippen molar-refractivity contribution in [2.45, 2.75) is 25.7 Å². The highest BCUT2D eigenvalue weighted by atomic mass is 19.1. The maximum Gasteiger partial charge on any atom is 0.194 e. The first-order chi connectivity index (χ1) is 18.9. The number of benzene rings is 4. The molecule has 7 heteroatoms. The summed E-state index contributed by atoms with van der Waals surface area (Å²) in [5, 5.41) is 1.16. The zero-order chi connectivity index (χ0) is 27.4. The van der Waals surface area contributed by atoms with Crippen LogP contribution in [0.25, 0.3) is 21.9 Å². The summed E-state index contributed by atoms with van der Waals surface area (Å²) >= 11 is 0. The van der Waals surface area contributed by atoms with Crippen molar-refractivity contribution in [3.8, 4) is 22.6 Å². The third kappa shape index (κ3) is 5.93. The van der Waals surface area contributed by atoms with Gasteiger partial charge in [-0.05, 0) is 84.7 Å². The monoisotopic (exact) mass is 533 g/mol. The van der Waals surface area contributed by atoms with Gasteiger partial charge in [0.1, 0.15) is 35.6 Å². The van der Waals surface area contributed by atoms with E-state index in [9.17, 15) is 18.0 Å². The van der Waals surface area contributed by atoms with Gasteiger partial charge in [0.15, 0.2) is 5.78 Å². The Bertz CT molecular complexity index is 1460. The Morgan fingerprint density at radius 3 is 2.15 bits per heavy atom. The van der Waals surface area contributed by atoms with Crippen LogP contribution in [-0.4, -0.2) is 44.0 Å². The molecular weight excluding hydrogens is 503 g/mol.